The van der Waals surface area contributed by atoms with E-state index in [0.717, 1.165) is 44.1 Å². The van der Waals surface area contributed by atoms with Crippen molar-refractivity contribution in [1.29, 1.82) is 0 Å². The minimum Gasteiger partial charge on any atom is -0.345 e. The Morgan fingerprint density at radius 2 is 0.859 bits per heavy atom. The predicted octanol–water partition coefficient (Wildman–Crippen LogP) is 8.94. The third-order valence-corrected chi connectivity index (χ3v) is 17.6. The van der Waals surface area contributed by atoms with Crippen molar-refractivity contribution in [1.82, 2.24) is 19.5 Å². The molecule has 2 aromatic heterocycles. The molecule has 0 radical (unpaired) electrons. The van der Waals surface area contributed by atoms with Gasteiger partial charge in [0.2, 0.25) is 11.9 Å². The van der Waals surface area contributed by atoms with Crippen LogP contribution in [0.4, 0.5) is 11.6 Å². The second-order valence-corrected chi connectivity index (χ2v) is 20.2. The zero-order valence-electron chi connectivity index (χ0n) is 34.9. The molecule has 3 heterocycles. The molecule has 5 nitrogen and oxygen atoms in total. The van der Waals surface area contributed by atoms with Gasteiger partial charge in [0, 0.05) is 27.6 Å². The summed E-state index contributed by atoms with van der Waals surface area (Å²) in [4.78, 5) is 19.0. The third-order valence-electron chi connectivity index (χ3n) is 12.9. The molecular formula is C57H40BN5Si. The van der Waals surface area contributed by atoms with Crippen LogP contribution in [0, 0.1) is 0 Å². The molecule has 64 heavy (non-hydrogen) atoms. The van der Waals surface area contributed by atoms with Crippen LogP contribution in [0.2, 0.25) is 0 Å². The second-order valence-electron chi connectivity index (χ2n) is 16.3. The summed E-state index contributed by atoms with van der Waals surface area (Å²) in [5.74, 6) is 1.73. The van der Waals surface area contributed by atoms with E-state index in [2.05, 4.69) is 252 Å². The molecule has 0 saturated carbocycles. The standard InChI is InChI=1S/C57H40BN5Si/c1-5-23-42(24-6-1)58-51-36-17-13-32-47(51)48-33-16-20-39-54(48)63(58)57-60-55(59-56(61-57)62-52-37-18-14-34-49(52)50-35-15-19-38-53(50)62)41-22-21-31-46(40-41)64(43-25-7-2-8-26-43,44-27-9-3-10-28-44)45-29-11-4-12-30-45/h1-40H. The normalized spacial score (nSPS) is 12.3. The van der Waals surface area contributed by atoms with Crippen LogP contribution in [-0.4, -0.2) is 34.4 Å². The molecule has 0 unspecified atom stereocenters. The first-order chi connectivity index (χ1) is 31.8. The summed E-state index contributed by atoms with van der Waals surface area (Å²) in [6.07, 6.45) is 0. The molecule has 1 aliphatic rings. The lowest BCUT2D eigenvalue weighted by molar-refractivity contribution is 0.940. The molecule has 12 rings (SSSR count). The summed E-state index contributed by atoms with van der Waals surface area (Å²) >= 11 is 0. The van der Waals surface area contributed by atoms with Gasteiger partial charge >= 0.3 is 6.85 Å². The molecule has 0 bridgehead atoms. The first kappa shape index (κ1) is 37.6. The molecule has 0 saturated heterocycles. The average molecular weight is 834 g/mol. The summed E-state index contributed by atoms with van der Waals surface area (Å²) < 4.78 is 2.21. The number of fused-ring (bicyclic) bond motifs is 6. The van der Waals surface area contributed by atoms with Gasteiger partial charge in [-0.1, -0.05) is 230 Å². The molecule has 1 aliphatic heterocycles. The predicted molar refractivity (Wildman–Crippen MR) is 269 cm³/mol. The molecule has 300 valence electrons. The van der Waals surface area contributed by atoms with Crippen molar-refractivity contribution in [2.24, 2.45) is 0 Å². The number of para-hydroxylation sites is 3. The Hall–Kier alpha value is -8.13. The summed E-state index contributed by atoms with van der Waals surface area (Å²) in [5.41, 5.74) is 8.72. The van der Waals surface area contributed by atoms with Gasteiger partial charge in [-0.25, -0.2) is 0 Å². The van der Waals surface area contributed by atoms with Crippen molar-refractivity contribution in [3.05, 3.63) is 243 Å². The summed E-state index contributed by atoms with van der Waals surface area (Å²) in [6, 6.07) is 87.3. The van der Waals surface area contributed by atoms with Crippen LogP contribution < -0.4 is 36.5 Å². The average Bonchev–Trinajstić information content (AvgIpc) is 3.72. The van der Waals surface area contributed by atoms with E-state index in [-0.39, 0.29) is 6.85 Å². The lowest BCUT2D eigenvalue weighted by Crippen LogP contribution is -2.74. The van der Waals surface area contributed by atoms with Gasteiger partial charge in [-0.3, -0.25) is 4.57 Å². The van der Waals surface area contributed by atoms with Gasteiger partial charge < -0.3 is 4.81 Å². The van der Waals surface area contributed by atoms with E-state index in [1.54, 1.807) is 0 Å². The molecule has 0 spiro atoms. The molecule has 0 amide bonds. The quantitative estimate of drug-likeness (QED) is 0.113. The maximum atomic E-state index is 5.59. The van der Waals surface area contributed by atoms with Crippen molar-refractivity contribution in [2.45, 2.75) is 0 Å². The topological polar surface area (TPSA) is 46.8 Å². The molecule has 11 aromatic rings. The van der Waals surface area contributed by atoms with Crippen LogP contribution in [0.15, 0.2) is 243 Å². The van der Waals surface area contributed by atoms with Crippen molar-refractivity contribution in [3.63, 3.8) is 0 Å². The Morgan fingerprint density at radius 1 is 0.375 bits per heavy atom. The Kier molecular flexibility index (Phi) is 9.20. The highest BCUT2D eigenvalue weighted by molar-refractivity contribution is 7.19. The summed E-state index contributed by atoms with van der Waals surface area (Å²) in [6.45, 7) is -0.214. The monoisotopic (exact) mass is 833 g/mol. The van der Waals surface area contributed by atoms with Crippen LogP contribution >= 0.6 is 0 Å². The number of anilines is 2. The maximum absolute atomic E-state index is 5.59. The fourth-order valence-electron chi connectivity index (χ4n) is 10.1. The highest BCUT2D eigenvalue weighted by atomic mass is 28.3. The largest absolute Gasteiger partial charge is 0.345 e. The van der Waals surface area contributed by atoms with Crippen LogP contribution in [0.3, 0.4) is 0 Å². The van der Waals surface area contributed by atoms with E-state index in [4.69, 9.17) is 15.0 Å². The van der Waals surface area contributed by atoms with E-state index in [1.807, 2.05) is 0 Å². The highest BCUT2D eigenvalue weighted by Gasteiger charge is 2.42. The van der Waals surface area contributed by atoms with Gasteiger partial charge in [-0.05, 0) is 50.0 Å². The van der Waals surface area contributed by atoms with Crippen molar-refractivity contribution in [2.75, 3.05) is 4.81 Å². The van der Waals surface area contributed by atoms with Crippen LogP contribution in [0.1, 0.15) is 0 Å². The minimum atomic E-state index is -2.88. The Labute approximate surface area is 373 Å². The lowest BCUT2D eigenvalue weighted by Gasteiger charge is -2.37. The molecule has 9 aromatic carbocycles. The fraction of sp³-hybridized carbons (Fsp3) is 0. The van der Waals surface area contributed by atoms with E-state index >= 15 is 0 Å². The SMILES string of the molecule is c1ccc(B2c3ccccc3-c3ccccc3N2c2nc(-c3cccc([Si](c4ccccc4)(c4ccccc4)c4ccccc4)c3)nc(-n3c4ccccc4c4ccccc43)n2)cc1. The Bertz CT molecular complexity index is 3320. The fourth-order valence-corrected chi connectivity index (χ4v) is 14.9. The molecule has 0 fully saturated rings. The first-order valence-corrected chi connectivity index (χ1v) is 23.8. The van der Waals surface area contributed by atoms with Crippen molar-refractivity contribution in [3.8, 4) is 28.5 Å². The Balaban J connectivity index is 1.16. The molecule has 7 heteroatoms. The number of hydrogen-bond acceptors (Lipinski definition) is 4. The van der Waals surface area contributed by atoms with Gasteiger partial charge in [0.25, 0.3) is 0 Å². The van der Waals surface area contributed by atoms with Gasteiger partial charge in [0.1, 0.15) is 0 Å². The molecular weight excluding hydrogens is 794 g/mol. The van der Waals surface area contributed by atoms with E-state index in [1.165, 1.54) is 31.8 Å². The smallest absolute Gasteiger partial charge is 0.331 e. The zero-order valence-corrected chi connectivity index (χ0v) is 35.9. The summed E-state index contributed by atoms with van der Waals surface area (Å²) in [7, 11) is -2.88. The third kappa shape index (κ3) is 6.04. The first-order valence-electron chi connectivity index (χ1n) is 21.8. The molecule has 0 N–H and O–H groups in total. The number of aromatic nitrogens is 4. The van der Waals surface area contributed by atoms with Crippen LogP contribution in [0.5, 0.6) is 0 Å². The number of hydrogen-bond donors (Lipinski definition) is 0. The number of rotatable bonds is 8. The van der Waals surface area contributed by atoms with Crippen LogP contribution in [-0.2, 0) is 0 Å². The van der Waals surface area contributed by atoms with Crippen molar-refractivity contribution >= 4 is 80.0 Å². The maximum Gasteiger partial charge on any atom is 0.331 e. The molecule has 0 aliphatic carbocycles. The zero-order chi connectivity index (χ0) is 42.5. The minimum absolute atomic E-state index is 0.214. The second kappa shape index (κ2) is 15.7. The molecule has 0 atom stereocenters. The Morgan fingerprint density at radius 3 is 1.48 bits per heavy atom. The van der Waals surface area contributed by atoms with E-state index in [9.17, 15) is 0 Å². The van der Waals surface area contributed by atoms with Gasteiger partial charge in [-0.2, -0.15) is 15.0 Å². The highest BCUT2D eigenvalue weighted by Crippen LogP contribution is 2.39. The lowest BCUT2D eigenvalue weighted by atomic mass is 9.46. The number of nitrogens with zero attached hydrogens (tertiary/aromatic N) is 5. The van der Waals surface area contributed by atoms with Gasteiger partial charge in [-0.15, -0.1) is 0 Å². The summed E-state index contributed by atoms with van der Waals surface area (Å²) in [5, 5.41) is 7.46. The number of benzene rings is 9. The van der Waals surface area contributed by atoms with Gasteiger partial charge in [0.05, 0.1) is 11.0 Å². The van der Waals surface area contributed by atoms with Gasteiger partial charge in [0.15, 0.2) is 13.9 Å². The van der Waals surface area contributed by atoms with Crippen molar-refractivity contribution < 1.29 is 0 Å². The van der Waals surface area contributed by atoms with E-state index < -0.39 is 8.07 Å². The van der Waals surface area contributed by atoms with E-state index in [0.29, 0.717) is 17.7 Å². The van der Waals surface area contributed by atoms with Crippen LogP contribution in [0.25, 0.3) is 50.3 Å².